The van der Waals surface area contributed by atoms with Gasteiger partial charge in [0.15, 0.2) is 0 Å². The van der Waals surface area contributed by atoms with E-state index in [0.717, 1.165) is 19.1 Å². The number of amides is 2. The first-order chi connectivity index (χ1) is 13.6. The van der Waals surface area contributed by atoms with Crippen LogP contribution in [0.15, 0.2) is 36.4 Å². The van der Waals surface area contributed by atoms with E-state index in [1.54, 1.807) is 51.1 Å². The number of imide groups is 1. The lowest BCUT2D eigenvalue weighted by Gasteiger charge is -2.38. The summed E-state index contributed by atoms with van der Waals surface area (Å²) in [6, 6.07) is 8.78. The van der Waals surface area contributed by atoms with E-state index in [0.29, 0.717) is 5.56 Å². The molecule has 2 amide bonds. The zero-order chi connectivity index (χ0) is 21.6. The third-order valence-electron chi connectivity index (χ3n) is 5.18. The summed E-state index contributed by atoms with van der Waals surface area (Å²) in [6.07, 6.45) is -0.258. The van der Waals surface area contributed by atoms with Crippen LogP contribution in [0.3, 0.4) is 0 Å². The van der Waals surface area contributed by atoms with Crippen molar-refractivity contribution in [3.8, 4) is 0 Å². The van der Waals surface area contributed by atoms with Crippen LogP contribution >= 0.6 is 0 Å². The average molecular weight is 401 g/mol. The Morgan fingerprint density at radius 2 is 1.69 bits per heavy atom. The Hall–Kier alpha value is -3.16. The van der Waals surface area contributed by atoms with Crippen LogP contribution in [0.4, 0.5) is 0 Å². The van der Waals surface area contributed by atoms with Crippen molar-refractivity contribution in [1.29, 1.82) is 0 Å². The molecule has 1 fully saturated rings. The second-order valence-electron chi connectivity index (χ2n) is 7.91. The number of hydrogen-bond acceptors (Lipinski definition) is 7. The number of carbonyl (C=O) groups excluding carboxylic acids is 4. The minimum atomic E-state index is -2.19. The van der Waals surface area contributed by atoms with Crippen molar-refractivity contribution >= 4 is 29.5 Å². The quantitative estimate of drug-likeness (QED) is 0.430. The molecule has 0 radical (unpaired) electrons. The molecule has 2 aliphatic rings. The molecule has 2 aliphatic heterocycles. The van der Waals surface area contributed by atoms with Gasteiger partial charge in [0.2, 0.25) is 17.4 Å². The minimum absolute atomic E-state index is 0.211. The summed E-state index contributed by atoms with van der Waals surface area (Å²) in [4.78, 5) is 53.4. The predicted octanol–water partition coefficient (Wildman–Crippen LogP) is 1.54. The van der Waals surface area contributed by atoms with Crippen LogP contribution in [0.2, 0.25) is 0 Å². The van der Waals surface area contributed by atoms with Gasteiger partial charge in [-0.25, -0.2) is 4.79 Å². The SMILES string of the molecule is COC(=O)[C@H]1OC(c2ccccc2)=C[C@H]2C(=O)N(C(C)(C)C)C(=O)[C@@]12C(=O)OC. The van der Waals surface area contributed by atoms with Crippen LogP contribution in [-0.2, 0) is 33.4 Å². The summed E-state index contributed by atoms with van der Waals surface area (Å²) in [5, 5.41) is 0. The van der Waals surface area contributed by atoms with Crippen molar-refractivity contribution in [2.24, 2.45) is 11.3 Å². The number of benzene rings is 1. The van der Waals surface area contributed by atoms with E-state index in [9.17, 15) is 19.2 Å². The Morgan fingerprint density at radius 1 is 1.07 bits per heavy atom. The molecule has 8 heteroatoms. The number of fused-ring (bicyclic) bond motifs is 1. The summed E-state index contributed by atoms with van der Waals surface area (Å²) in [5.41, 5.74) is -2.52. The van der Waals surface area contributed by atoms with Crippen LogP contribution in [0.1, 0.15) is 26.3 Å². The molecule has 0 saturated carbocycles. The van der Waals surface area contributed by atoms with E-state index in [-0.39, 0.29) is 5.76 Å². The van der Waals surface area contributed by atoms with Crippen LogP contribution in [0.5, 0.6) is 0 Å². The Morgan fingerprint density at radius 3 is 2.21 bits per heavy atom. The molecule has 0 spiro atoms. The Balaban J connectivity index is 2.29. The largest absolute Gasteiger partial charge is 0.477 e. The van der Waals surface area contributed by atoms with E-state index in [1.165, 1.54) is 6.08 Å². The van der Waals surface area contributed by atoms with Gasteiger partial charge in [0.1, 0.15) is 5.76 Å². The van der Waals surface area contributed by atoms with Crippen molar-refractivity contribution in [1.82, 2.24) is 4.90 Å². The maximum Gasteiger partial charge on any atom is 0.348 e. The molecular formula is C21H23NO7. The van der Waals surface area contributed by atoms with E-state index >= 15 is 0 Å². The average Bonchev–Trinajstić information content (AvgIpc) is 2.94. The second kappa shape index (κ2) is 7.02. The lowest BCUT2D eigenvalue weighted by atomic mass is 9.70. The van der Waals surface area contributed by atoms with Gasteiger partial charge in [-0.05, 0) is 26.8 Å². The minimum Gasteiger partial charge on any atom is -0.477 e. The maximum atomic E-state index is 13.5. The fourth-order valence-corrected chi connectivity index (χ4v) is 3.87. The number of rotatable bonds is 3. The molecule has 2 heterocycles. The van der Waals surface area contributed by atoms with Gasteiger partial charge in [-0.2, -0.15) is 0 Å². The molecule has 0 unspecified atom stereocenters. The number of methoxy groups -OCH3 is 2. The molecule has 0 bridgehead atoms. The first-order valence-electron chi connectivity index (χ1n) is 9.09. The third kappa shape index (κ3) is 2.90. The van der Waals surface area contributed by atoms with Gasteiger partial charge in [0.25, 0.3) is 5.91 Å². The van der Waals surface area contributed by atoms with Crippen LogP contribution < -0.4 is 0 Å². The highest BCUT2D eigenvalue weighted by Gasteiger charge is 2.74. The first-order valence-corrected chi connectivity index (χ1v) is 9.09. The summed E-state index contributed by atoms with van der Waals surface area (Å²) in [6.45, 7) is 5.00. The summed E-state index contributed by atoms with van der Waals surface area (Å²) >= 11 is 0. The van der Waals surface area contributed by atoms with Gasteiger partial charge >= 0.3 is 11.9 Å². The maximum absolute atomic E-state index is 13.5. The lowest BCUT2D eigenvalue weighted by Crippen LogP contribution is -2.59. The molecule has 8 nitrogen and oxygen atoms in total. The molecule has 3 rings (SSSR count). The monoisotopic (exact) mass is 401 g/mol. The van der Waals surface area contributed by atoms with Crippen molar-refractivity contribution < 1.29 is 33.4 Å². The first kappa shape index (κ1) is 20.6. The highest BCUT2D eigenvalue weighted by atomic mass is 16.6. The zero-order valence-electron chi connectivity index (χ0n) is 16.9. The van der Waals surface area contributed by atoms with Gasteiger partial charge in [0, 0.05) is 11.1 Å². The molecule has 0 aromatic heterocycles. The highest BCUT2D eigenvalue weighted by molar-refractivity contribution is 6.21. The molecular weight excluding hydrogens is 378 g/mol. The standard InChI is InChI=1S/C21H23NO7/c1-20(2,3)22-16(23)13-11-14(12-9-7-6-8-10-12)29-15(17(24)27-4)21(13,18(22)25)19(26)28-5/h6-11,13,15H,1-5H3/t13-,15+,21-/m0/s1. The van der Waals surface area contributed by atoms with Crippen LogP contribution in [0, 0.1) is 11.3 Å². The van der Waals surface area contributed by atoms with Gasteiger partial charge in [-0.1, -0.05) is 30.3 Å². The van der Waals surface area contributed by atoms with Crippen molar-refractivity contribution in [3.63, 3.8) is 0 Å². The highest BCUT2D eigenvalue weighted by Crippen LogP contribution is 2.51. The number of likely N-dealkylation sites (tertiary alicyclic amines) is 1. The van der Waals surface area contributed by atoms with Crippen molar-refractivity contribution in [3.05, 3.63) is 42.0 Å². The predicted molar refractivity (Wildman–Crippen MR) is 101 cm³/mol. The number of carbonyl (C=O) groups is 4. The molecule has 0 N–H and O–H groups in total. The van der Waals surface area contributed by atoms with Gasteiger partial charge in [-0.15, -0.1) is 0 Å². The Kier molecular flexibility index (Phi) is 4.98. The fraction of sp³-hybridized carbons (Fsp3) is 0.429. The summed E-state index contributed by atoms with van der Waals surface area (Å²) in [5.74, 6) is -4.47. The number of hydrogen-bond donors (Lipinski definition) is 0. The lowest BCUT2D eigenvalue weighted by molar-refractivity contribution is -0.181. The normalized spacial score (nSPS) is 26.4. The number of ether oxygens (including phenoxy) is 3. The number of nitrogens with zero attached hydrogens (tertiary/aromatic N) is 1. The zero-order valence-corrected chi connectivity index (χ0v) is 16.9. The molecule has 29 heavy (non-hydrogen) atoms. The second-order valence-corrected chi connectivity index (χ2v) is 7.91. The Bertz CT molecular complexity index is 899. The summed E-state index contributed by atoms with van der Waals surface area (Å²) < 4.78 is 15.5. The molecule has 154 valence electrons. The van der Waals surface area contributed by atoms with Crippen molar-refractivity contribution in [2.45, 2.75) is 32.4 Å². The fourth-order valence-electron chi connectivity index (χ4n) is 3.87. The third-order valence-corrected chi connectivity index (χ3v) is 5.18. The van der Waals surface area contributed by atoms with Gasteiger partial charge < -0.3 is 14.2 Å². The molecule has 1 aromatic carbocycles. The van der Waals surface area contributed by atoms with Gasteiger partial charge in [-0.3, -0.25) is 19.3 Å². The molecule has 0 aliphatic carbocycles. The van der Waals surface area contributed by atoms with E-state index < -0.39 is 46.7 Å². The van der Waals surface area contributed by atoms with Crippen molar-refractivity contribution in [2.75, 3.05) is 14.2 Å². The van der Waals surface area contributed by atoms with Crippen LogP contribution in [-0.4, -0.2) is 54.5 Å². The van der Waals surface area contributed by atoms with Crippen LogP contribution in [0.25, 0.3) is 5.76 Å². The molecule has 3 atom stereocenters. The Labute approximate surface area is 168 Å². The molecule has 1 aromatic rings. The molecule has 1 saturated heterocycles. The smallest absolute Gasteiger partial charge is 0.348 e. The van der Waals surface area contributed by atoms with Gasteiger partial charge in [0.05, 0.1) is 20.1 Å². The summed E-state index contributed by atoms with van der Waals surface area (Å²) in [7, 11) is 2.21. The topological polar surface area (TPSA) is 99.2 Å². The van der Waals surface area contributed by atoms with E-state index in [4.69, 9.17) is 14.2 Å². The number of esters is 2. The van der Waals surface area contributed by atoms with E-state index in [2.05, 4.69) is 0 Å². The van der Waals surface area contributed by atoms with E-state index in [1.807, 2.05) is 0 Å².